The predicted molar refractivity (Wildman–Crippen MR) is 43.1 cm³/mol. The molecule has 5 heteroatoms. The first-order valence-electron chi connectivity index (χ1n) is 3.26. The Kier molecular flexibility index (Phi) is 5.48. The summed E-state index contributed by atoms with van der Waals surface area (Å²) in [5, 5.41) is 10.5. The van der Waals surface area contributed by atoms with Crippen molar-refractivity contribution in [2.24, 2.45) is 0 Å². The molecular formula is C8H7NaO3S. The molecular weight excluding hydrogens is 199 g/mol. The van der Waals surface area contributed by atoms with Crippen LogP contribution in [-0.4, -0.2) is 16.4 Å². The predicted octanol–water partition coefficient (Wildman–Crippen LogP) is -3.21. The molecule has 1 unspecified atom stereocenters. The SMILES string of the molecule is CS(=O)c1ccccc1C(=O)[O-].[Na+]. The van der Waals surface area contributed by atoms with E-state index in [9.17, 15) is 14.1 Å². The minimum absolute atomic E-state index is 0. The molecule has 0 amide bonds. The van der Waals surface area contributed by atoms with Gasteiger partial charge in [0, 0.05) is 16.7 Å². The number of benzene rings is 1. The maximum atomic E-state index is 11.0. The number of hydrogen-bond donors (Lipinski definition) is 0. The molecule has 0 saturated carbocycles. The molecule has 0 aliphatic rings. The van der Waals surface area contributed by atoms with Crippen LogP contribution in [0.3, 0.4) is 0 Å². The summed E-state index contributed by atoms with van der Waals surface area (Å²) in [6, 6.07) is 6.11. The molecule has 1 atom stereocenters. The quantitative estimate of drug-likeness (QED) is 0.479. The van der Waals surface area contributed by atoms with Crippen molar-refractivity contribution >= 4 is 16.8 Å². The molecule has 0 aromatic heterocycles. The Bertz CT molecular complexity index is 305. The van der Waals surface area contributed by atoms with Crippen LogP contribution in [0.4, 0.5) is 0 Å². The van der Waals surface area contributed by atoms with Crippen LogP contribution in [0.2, 0.25) is 0 Å². The van der Waals surface area contributed by atoms with Gasteiger partial charge in [0.15, 0.2) is 0 Å². The number of hydrogen-bond acceptors (Lipinski definition) is 3. The first-order valence-corrected chi connectivity index (χ1v) is 4.82. The van der Waals surface area contributed by atoms with Crippen LogP contribution < -0.4 is 34.7 Å². The molecule has 64 valence electrons. The van der Waals surface area contributed by atoms with E-state index in [1.54, 1.807) is 12.1 Å². The van der Waals surface area contributed by atoms with Crippen LogP contribution in [-0.2, 0) is 10.8 Å². The third kappa shape index (κ3) is 3.23. The maximum absolute atomic E-state index is 11.0. The van der Waals surface area contributed by atoms with E-state index in [0.29, 0.717) is 4.90 Å². The number of carbonyl (C=O) groups is 1. The van der Waals surface area contributed by atoms with E-state index in [1.807, 2.05) is 0 Å². The van der Waals surface area contributed by atoms with Crippen molar-refractivity contribution in [3.63, 3.8) is 0 Å². The number of rotatable bonds is 2. The number of aromatic carboxylic acids is 1. The average Bonchev–Trinajstić information content (AvgIpc) is 2.04. The van der Waals surface area contributed by atoms with Crippen LogP contribution in [0, 0.1) is 0 Å². The van der Waals surface area contributed by atoms with E-state index in [0.717, 1.165) is 0 Å². The first kappa shape index (κ1) is 12.8. The van der Waals surface area contributed by atoms with Crippen LogP contribution in [0.25, 0.3) is 0 Å². The van der Waals surface area contributed by atoms with E-state index in [-0.39, 0.29) is 35.1 Å². The van der Waals surface area contributed by atoms with Gasteiger partial charge in [0.25, 0.3) is 0 Å². The first-order chi connectivity index (χ1) is 5.63. The molecule has 0 radical (unpaired) electrons. The van der Waals surface area contributed by atoms with Crippen molar-refractivity contribution in [3.05, 3.63) is 29.8 Å². The van der Waals surface area contributed by atoms with Crippen molar-refractivity contribution in [1.29, 1.82) is 0 Å². The molecule has 0 spiro atoms. The molecule has 3 nitrogen and oxygen atoms in total. The molecule has 1 aromatic rings. The standard InChI is InChI=1S/C8H8O3S.Na/c1-12(11)7-5-3-2-4-6(7)8(9)10;/h2-5H,1H3,(H,9,10);/q;+1/p-1. The van der Waals surface area contributed by atoms with E-state index < -0.39 is 16.8 Å². The zero-order chi connectivity index (χ0) is 9.14. The van der Waals surface area contributed by atoms with Crippen molar-refractivity contribution in [2.75, 3.05) is 6.26 Å². The molecule has 0 aliphatic carbocycles. The Labute approximate surface area is 101 Å². The van der Waals surface area contributed by atoms with Gasteiger partial charge in [-0.15, -0.1) is 0 Å². The van der Waals surface area contributed by atoms with Gasteiger partial charge >= 0.3 is 29.6 Å². The zero-order valence-electron chi connectivity index (χ0n) is 7.44. The van der Waals surface area contributed by atoms with Crippen molar-refractivity contribution in [3.8, 4) is 0 Å². The molecule has 0 bridgehead atoms. The summed E-state index contributed by atoms with van der Waals surface area (Å²) >= 11 is 0. The molecule has 0 aliphatic heterocycles. The molecule has 1 aromatic carbocycles. The second-order valence-corrected chi connectivity index (χ2v) is 3.59. The van der Waals surface area contributed by atoms with Crippen molar-refractivity contribution in [2.45, 2.75) is 4.90 Å². The summed E-state index contributed by atoms with van der Waals surface area (Å²) in [6.45, 7) is 0. The second kappa shape index (κ2) is 5.54. The summed E-state index contributed by atoms with van der Waals surface area (Å²) in [4.78, 5) is 10.8. The minimum Gasteiger partial charge on any atom is -0.545 e. The Morgan fingerprint density at radius 2 is 1.92 bits per heavy atom. The molecule has 13 heavy (non-hydrogen) atoms. The Balaban J connectivity index is 0.00000144. The van der Waals surface area contributed by atoms with E-state index in [2.05, 4.69) is 0 Å². The van der Waals surface area contributed by atoms with Crippen LogP contribution in [0.15, 0.2) is 29.2 Å². The van der Waals surface area contributed by atoms with Crippen LogP contribution in [0.5, 0.6) is 0 Å². The van der Waals surface area contributed by atoms with Gasteiger partial charge < -0.3 is 9.90 Å². The van der Waals surface area contributed by atoms with Crippen LogP contribution >= 0.6 is 0 Å². The van der Waals surface area contributed by atoms with Crippen molar-refractivity contribution < 1.29 is 43.7 Å². The third-order valence-electron chi connectivity index (χ3n) is 1.42. The summed E-state index contributed by atoms with van der Waals surface area (Å²) in [5.41, 5.74) is -0.00154. The second-order valence-electron chi connectivity index (χ2n) is 2.24. The van der Waals surface area contributed by atoms with Gasteiger partial charge in [-0.25, -0.2) is 0 Å². The van der Waals surface area contributed by atoms with Crippen molar-refractivity contribution in [1.82, 2.24) is 0 Å². The molecule has 1 rings (SSSR count). The van der Waals surface area contributed by atoms with Gasteiger partial charge in [0.2, 0.25) is 0 Å². The fraction of sp³-hybridized carbons (Fsp3) is 0.125. The van der Waals surface area contributed by atoms with Gasteiger partial charge in [-0.05, 0) is 6.07 Å². The smallest absolute Gasteiger partial charge is 0.545 e. The fourth-order valence-corrected chi connectivity index (χ4v) is 1.62. The van der Waals surface area contributed by atoms with Gasteiger partial charge in [-0.3, -0.25) is 4.21 Å². The number of carboxylic acids is 1. The Morgan fingerprint density at radius 1 is 1.38 bits per heavy atom. The Morgan fingerprint density at radius 3 is 2.31 bits per heavy atom. The molecule has 0 heterocycles. The normalized spacial score (nSPS) is 11.5. The maximum Gasteiger partial charge on any atom is 1.00 e. The summed E-state index contributed by atoms with van der Waals surface area (Å²) in [7, 11) is -1.28. The van der Waals surface area contributed by atoms with E-state index >= 15 is 0 Å². The minimum atomic E-state index is -1.29. The fourth-order valence-electron chi connectivity index (χ4n) is 0.886. The van der Waals surface area contributed by atoms with E-state index in [1.165, 1.54) is 18.4 Å². The molecule has 0 N–H and O–H groups in total. The number of carboxylic acid groups (broad SMARTS) is 1. The van der Waals surface area contributed by atoms with Gasteiger partial charge in [-0.2, -0.15) is 0 Å². The van der Waals surface area contributed by atoms with Gasteiger partial charge in [0.1, 0.15) is 0 Å². The monoisotopic (exact) mass is 206 g/mol. The summed E-state index contributed by atoms with van der Waals surface area (Å²) in [6.07, 6.45) is 1.43. The number of carbonyl (C=O) groups excluding carboxylic acids is 1. The topological polar surface area (TPSA) is 57.2 Å². The largest absolute Gasteiger partial charge is 1.00 e. The summed E-state index contributed by atoms with van der Waals surface area (Å²) in [5.74, 6) is -1.29. The zero-order valence-corrected chi connectivity index (χ0v) is 10.3. The van der Waals surface area contributed by atoms with E-state index in [4.69, 9.17) is 0 Å². The average molecular weight is 206 g/mol. The molecule has 0 saturated heterocycles. The Hall–Kier alpha value is -0.160. The van der Waals surface area contributed by atoms with Gasteiger partial charge in [-0.1, -0.05) is 18.2 Å². The summed E-state index contributed by atoms with van der Waals surface area (Å²) < 4.78 is 11.0. The van der Waals surface area contributed by atoms with Gasteiger partial charge in [0.05, 0.1) is 16.8 Å². The van der Waals surface area contributed by atoms with Crippen LogP contribution in [0.1, 0.15) is 10.4 Å². The third-order valence-corrected chi connectivity index (χ3v) is 2.39. The molecule has 0 fully saturated rings.